The Bertz CT molecular complexity index is 317. The largest absolute Gasteiger partial charge is 0.359 e. The maximum atomic E-state index is 4.51. The Hall–Kier alpha value is -0.740. The van der Waals surface area contributed by atoms with Gasteiger partial charge in [0.1, 0.15) is 0 Å². The number of piperazine rings is 1. The molecule has 2 rings (SSSR count). The first kappa shape index (κ1) is 12.7. The molecule has 0 spiro atoms. The molecule has 0 aromatic heterocycles. The lowest BCUT2D eigenvalue weighted by atomic mass is 10.0. The molecule has 17 heavy (non-hydrogen) atoms. The van der Waals surface area contributed by atoms with Crippen LogP contribution in [0.4, 0.5) is 0 Å². The van der Waals surface area contributed by atoms with Crippen LogP contribution in [0.1, 0.15) is 6.92 Å². The summed E-state index contributed by atoms with van der Waals surface area (Å²) in [6.07, 6.45) is 10.7. The molecule has 1 fully saturated rings. The molecule has 0 saturated carbocycles. The summed E-state index contributed by atoms with van der Waals surface area (Å²) in [6.45, 7) is 6.70. The third-order valence-electron chi connectivity index (χ3n) is 3.28. The van der Waals surface area contributed by atoms with Crippen molar-refractivity contribution in [1.82, 2.24) is 9.80 Å². The Balaban J connectivity index is 1.74. The highest BCUT2D eigenvalue weighted by Crippen LogP contribution is 2.25. The van der Waals surface area contributed by atoms with Gasteiger partial charge in [0.05, 0.1) is 11.6 Å². The van der Waals surface area contributed by atoms with E-state index in [1.54, 1.807) is 11.9 Å². The molecule has 2 aliphatic rings. The van der Waals surface area contributed by atoms with Crippen molar-refractivity contribution in [2.75, 3.05) is 33.2 Å². The molecule has 0 bridgehead atoms. The fraction of sp³-hybridized carbons (Fsp3) is 0.615. The van der Waals surface area contributed by atoms with Crippen molar-refractivity contribution < 1.29 is 0 Å². The van der Waals surface area contributed by atoms with Gasteiger partial charge in [-0.3, -0.25) is 0 Å². The molecule has 0 N–H and O–H groups in total. The van der Waals surface area contributed by atoms with E-state index in [4.69, 9.17) is 0 Å². The number of allylic oxidation sites excluding steroid dienone is 3. The molecule has 0 radical (unpaired) electrons. The van der Waals surface area contributed by atoms with Gasteiger partial charge in [0.25, 0.3) is 0 Å². The Morgan fingerprint density at radius 1 is 1.18 bits per heavy atom. The van der Waals surface area contributed by atoms with Crippen LogP contribution in [0.25, 0.3) is 0 Å². The second kappa shape index (κ2) is 6.26. The molecule has 1 aliphatic heterocycles. The second-order valence-electron chi connectivity index (χ2n) is 4.76. The summed E-state index contributed by atoms with van der Waals surface area (Å²) < 4.78 is 4.51. The van der Waals surface area contributed by atoms with Crippen LogP contribution in [0.5, 0.6) is 0 Å². The van der Waals surface area contributed by atoms with Crippen molar-refractivity contribution in [3.8, 4) is 0 Å². The SMILES string of the molecule is CC1C=CC=CC1S/N=C/N1CCN(C)CC1. The van der Waals surface area contributed by atoms with Crippen LogP contribution in [-0.4, -0.2) is 54.6 Å². The topological polar surface area (TPSA) is 18.8 Å². The first-order valence-electron chi connectivity index (χ1n) is 6.22. The summed E-state index contributed by atoms with van der Waals surface area (Å²) in [4.78, 5) is 4.66. The number of nitrogens with zero attached hydrogens (tertiary/aromatic N) is 3. The minimum Gasteiger partial charge on any atom is -0.359 e. The van der Waals surface area contributed by atoms with E-state index in [9.17, 15) is 0 Å². The van der Waals surface area contributed by atoms with Crippen molar-refractivity contribution in [2.45, 2.75) is 12.2 Å². The van der Waals surface area contributed by atoms with Crippen molar-refractivity contribution in [2.24, 2.45) is 10.3 Å². The van der Waals surface area contributed by atoms with Crippen molar-refractivity contribution in [1.29, 1.82) is 0 Å². The molecule has 1 heterocycles. The average Bonchev–Trinajstić information content (AvgIpc) is 2.34. The molecular weight excluding hydrogens is 230 g/mol. The van der Waals surface area contributed by atoms with Crippen molar-refractivity contribution in [3.63, 3.8) is 0 Å². The van der Waals surface area contributed by atoms with E-state index < -0.39 is 0 Å². The van der Waals surface area contributed by atoms with Crippen LogP contribution >= 0.6 is 11.9 Å². The maximum absolute atomic E-state index is 4.51. The fourth-order valence-corrected chi connectivity index (χ4v) is 2.70. The minimum atomic E-state index is 0.490. The molecule has 1 aliphatic carbocycles. The summed E-state index contributed by atoms with van der Waals surface area (Å²) in [5.41, 5.74) is 0. The summed E-state index contributed by atoms with van der Waals surface area (Å²) in [7, 11) is 2.17. The average molecular weight is 251 g/mol. The summed E-state index contributed by atoms with van der Waals surface area (Å²) in [5.74, 6) is 0.578. The van der Waals surface area contributed by atoms with Gasteiger partial charge in [0, 0.05) is 26.2 Å². The van der Waals surface area contributed by atoms with E-state index in [2.05, 4.69) is 52.5 Å². The summed E-state index contributed by atoms with van der Waals surface area (Å²) in [5, 5.41) is 0.490. The first-order chi connectivity index (χ1) is 8.25. The van der Waals surface area contributed by atoms with E-state index >= 15 is 0 Å². The van der Waals surface area contributed by atoms with Crippen molar-refractivity contribution in [3.05, 3.63) is 24.3 Å². The Kier molecular flexibility index (Phi) is 4.68. The molecule has 0 amide bonds. The molecule has 94 valence electrons. The van der Waals surface area contributed by atoms with Gasteiger partial charge < -0.3 is 9.80 Å². The zero-order chi connectivity index (χ0) is 12.1. The predicted octanol–water partition coefficient (Wildman–Crippen LogP) is 2.04. The Labute approximate surface area is 108 Å². The Morgan fingerprint density at radius 2 is 1.88 bits per heavy atom. The standard InChI is InChI=1S/C13H21N3S/c1-12-5-3-4-6-13(12)17-14-11-16-9-7-15(2)8-10-16/h3-6,11-13H,7-10H2,1-2H3/b14-11+. The second-order valence-corrected chi connectivity index (χ2v) is 5.73. The van der Waals surface area contributed by atoms with Gasteiger partial charge in [-0.25, -0.2) is 4.40 Å². The van der Waals surface area contributed by atoms with Gasteiger partial charge in [0.2, 0.25) is 0 Å². The van der Waals surface area contributed by atoms with Gasteiger partial charge in [-0.05, 0) is 24.9 Å². The molecule has 0 aromatic rings. The molecule has 2 unspecified atom stereocenters. The molecular formula is C13H21N3S. The zero-order valence-electron chi connectivity index (χ0n) is 10.6. The van der Waals surface area contributed by atoms with E-state index in [0.717, 1.165) is 26.2 Å². The third kappa shape index (κ3) is 3.89. The molecule has 3 nitrogen and oxygen atoms in total. The third-order valence-corrected chi connectivity index (χ3v) is 4.32. The lowest BCUT2D eigenvalue weighted by Crippen LogP contribution is -2.43. The highest BCUT2D eigenvalue weighted by molar-refractivity contribution is 7.98. The van der Waals surface area contributed by atoms with Gasteiger partial charge in [-0.2, -0.15) is 0 Å². The maximum Gasteiger partial charge on any atom is 0.0990 e. The summed E-state index contributed by atoms with van der Waals surface area (Å²) in [6, 6.07) is 0. The molecule has 1 saturated heterocycles. The smallest absolute Gasteiger partial charge is 0.0990 e. The van der Waals surface area contributed by atoms with Gasteiger partial charge in [-0.1, -0.05) is 31.2 Å². The first-order valence-corrected chi connectivity index (χ1v) is 7.06. The van der Waals surface area contributed by atoms with Crippen LogP contribution in [-0.2, 0) is 0 Å². The van der Waals surface area contributed by atoms with Crippen LogP contribution in [0.15, 0.2) is 28.7 Å². The predicted molar refractivity (Wildman–Crippen MR) is 76.4 cm³/mol. The van der Waals surface area contributed by atoms with Gasteiger partial charge in [-0.15, -0.1) is 0 Å². The fourth-order valence-electron chi connectivity index (χ4n) is 1.93. The van der Waals surface area contributed by atoms with Gasteiger partial charge >= 0.3 is 0 Å². The number of hydrogen-bond acceptors (Lipinski definition) is 3. The van der Waals surface area contributed by atoms with E-state index in [0.29, 0.717) is 11.2 Å². The van der Waals surface area contributed by atoms with Crippen LogP contribution in [0.3, 0.4) is 0 Å². The monoisotopic (exact) mass is 251 g/mol. The number of hydrogen-bond donors (Lipinski definition) is 0. The highest BCUT2D eigenvalue weighted by atomic mass is 32.2. The minimum absolute atomic E-state index is 0.490. The summed E-state index contributed by atoms with van der Waals surface area (Å²) >= 11 is 1.68. The zero-order valence-corrected chi connectivity index (χ0v) is 11.4. The van der Waals surface area contributed by atoms with Crippen LogP contribution < -0.4 is 0 Å². The molecule has 2 atom stereocenters. The lowest BCUT2D eigenvalue weighted by Gasteiger charge is -2.30. The van der Waals surface area contributed by atoms with Crippen LogP contribution in [0, 0.1) is 5.92 Å². The Morgan fingerprint density at radius 3 is 2.59 bits per heavy atom. The highest BCUT2D eigenvalue weighted by Gasteiger charge is 2.14. The van der Waals surface area contributed by atoms with E-state index in [1.165, 1.54) is 0 Å². The number of likely N-dealkylation sites (N-methyl/N-ethyl adjacent to an activating group) is 1. The lowest BCUT2D eigenvalue weighted by molar-refractivity contribution is 0.219. The quantitative estimate of drug-likeness (QED) is 0.434. The normalized spacial score (nSPS) is 30.4. The van der Waals surface area contributed by atoms with Crippen LogP contribution in [0.2, 0.25) is 0 Å². The van der Waals surface area contributed by atoms with Crippen molar-refractivity contribution >= 4 is 18.3 Å². The van der Waals surface area contributed by atoms with E-state index in [1.807, 2.05) is 6.34 Å². The van der Waals surface area contributed by atoms with Gasteiger partial charge in [0.15, 0.2) is 0 Å². The molecule has 0 aromatic carbocycles. The molecule has 4 heteroatoms. The number of rotatable bonds is 3. The van der Waals surface area contributed by atoms with E-state index in [-0.39, 0.29) is 0 Å².